The molecular weight excluding hydrogens is 335 g/mol. The Morgan fingerprint density at radius 2 is 0.652 bits per heavy atom. The number of ether oxygens (including phenoxy) is 6. The van der Waals surface area contributed by atoms with E-state index in [0.29, 0.717) is 79.3 Å². The Kier molecular flexibility index (Phi) is 25.9. The summed E-state index contributed by atoms with van der Waals surface area (Å²) in [5.41, 5.74) is 0. The molecule has 0 radical (unpaired) electrons. The van der Waals surface area contributed by atoms with Crippen molar-refractivity contribution >= 4 is 5.97 Å². The van der Waals surface area contributed by atoms with Gasteiger partial charge in [-0.3, -0.25) is 0 Å². The van der Waals surface area contributed by atoms with E-state index in [1.807, 2.05) is 0 Å². The monoisotopic (exact) mass is 362 g/mol. The molecule has 0 unspecified atom stereocenters. The van der Waals surface area contributed by atoms with Gasteiger partial charge in [-0.2, -0.15) is 0 Å². The fraction of sp³-hybridized carbons (Fsp3) is 0.929. The maximum absolute atomic E-state index is 8.89. The van der Waals surface area contributed by atoms with Crippen molar-refractivity contribution in [3.63, 3.8) is 0 Å². The second-order valence-electron chi connectivity index (χ2n) is 4.17. The van der Waals surface area contributed by atoms with Gasteiger partial charge in [-0.05, 0) is 6.92 Å². The second kappa shape index (κ2) is 22.9. The van der Waals surface area contributed by atoms with E-state index in [0.717, 1.165) is 6.92 Å². The van der Waals surface area contributed by atoms with Crippen LogP contribution >= 0.6 is 0 Å². The fourth-order valence-corrected chi connectivity index (χ4v) is 1.32. The molecule has 23 heavy (non-hydrogen) atoms. The molecule has 0 N–H and O–H groups in total. The van der Waals surface area contributed by atoms with Crippen molar-refractivity contribution in [3.8, 4) is 0 Å². The van der Waals surface area contributed by atoms with Gasteiger partial charge in [0.2, 0.25) is 0 Å². The molecule has 1 aliphatic rings. The molecule has 0 spiro atoms. The van der Waals surface area contributed by atoms with Crippen LogP contribution in [0.4, 0.5) is 0 Å². The van der Waals surface area contributed by atoms with Crippen LogP contribution in [-0.4, -0.2) is 85.3 Å². The molecule has 0 aromatic rings. The van der Waals surface area contributed by atoms with Crippen LogP contribution in [0.25, 0.3) is 0 Å². The average molecular weight is 362 g/mol. The molecule has 0 aromatic heterocycles. The molecule has 1 fully saturated rings. The molecule has 1 heterocycles. The number of carbonyl (C=O) groups excluding carboxylic acids is 1. The molecule has 1 saturated heterocycles. The van der Waals surface area contributed by atoms with Crippen molar-refractivity contribution in [2.24, 2.45) is 0 Å². The van der Waals surface area contributed by atoms with Gasteiger partial charge in [0.25, 0.3) is 0 Å². The normalized spacial score (nSPS) is 19.9. The Morgan fingerprint density at radius 3 is 0.739 bits per heavy atom. The zero-order valence-electron chi connectivity index (χ0n) is 14.3. The number of carboxylic acids is 1. The quantitative estimate of drug-likeness (QED) is 0.401. The van der Waals surface area contributed by atoms with Crippen LogP contribution in [0.3, 0.4) is 0 Å². The minimum atomic E-state index is -1.08. The molecule has 0 amide bonds. The van der Waals surface area contributed by atoms with Gasteiger partial charge in [0.05, 0.1) is 79.3 Å². The minimum Gasteiger partial charge on any atom is -0.550 e. The first-order valence-electron chi connectivity index (χ1n) is 7.37. The van der Waals surface area contributed by atoms with Crippen molar-refractivity contribution < 1.29 is 89.7 Å². The summed E-state index contributed by atoms with van der Waals surface area (Å²) in [6, 6.07) is 0. The van der Waals surface area contributed by atoms with Crippen LogP contribution in [-0.2, 0) is 33.2 Å². The minimum absolute atomic E-state index is 0. The first-order valence-corrected chi connectivity index (χ1v) is 7.37. The van der Waals surface area contributed by atoms with Gasteiger partial charge < -0.3 is 38.3 Å². The second-order valence-corrected chi connectivity index (χ2v) is 4.17. The van der Waals surface area contributed by atoms with E-state index in [1.54, 1.807) is 0 Å². The van der Waals surface area contributed by atoms with Crippen LogP contribution < -0.4 is 56.5 Å². The molecule has 1 aliphatic heterocycles. The standard InChI is InChI=1S/C12H24O6.C2H4O2.K/c1-2-14-5-6-16-9-10-18-12-11-17-8-7-15-4-3-13-1;1-2(3)4;/h1-12H2;1H3,(H,3,4);/q;;+1/p-1. The number of aliphatic carboxylic acids is 1. The van der Waals surface area contributed by atoms with E-state index >= 15 is 0 Å². The number of carbonyl (C=O) groups is 1. The zero-order valence-corrected chi connectivity index (χ0v) is 17.4. The molecule has 132 valence electrons. The van der Waals surface area contributed by atoms with Crippen molar-refractivity contribution in [2.75, 3.05) is 79.3 Å². The molecule has 8 nitrogen and oxygen atoms in total. The summed E-state index contributed by atoms with van der Waals surface area (Å²) in [6.45, 7) is 8.01. The molecule has 0 saturated carbocycles. The van der Waals surface area contributed by atoms with Gasteiger partial charge in [0.1, 0.15) is 0 Å². The van der Waals surface area contributed by atoms with Crippen LogP contribution in [0.1, 0.15) is 6.92 Å². The molecule has 0 aliphatic carbocycles. The predicted molar refractivity (Wildman–Crippen MR) is 75.6 cm³/mol. The zero-order chi connectivity index (χ0) is 16.3. The Labute approximate surface area is 180 Å². The molecule has 0 atom stereocenters. The topological polar surface area (TPSA) is 95.5 Å². The molecule has 9 heteroatoms. The number of carboxylic acid groups (broad SMARTS) is 1. The third kappa shape index (κ3) is 28.0. The predicted octanol–water partition coefficient (Wildman–Crippen LogP) is -4.14. The SMILES string of the molecule is C1COCCOCCOCCOCCOCCO1.CC(=O)[O-].[K+]. The van der Waals surface area contributed by atoms with Crippen molar-refractivity contribution in [1.82, 2.24) is 0 Å². The van der Waals surface area contributed by atoms with Gasteiger partial charge in [0.15, 0.2) is 0 Å². The van der Waals surface area contributed by atoms with E-state index in [4.69, 9.17) is 38.3 Å². The third-order valence-corrected chi connectivity index (χ3v) is 2.23. The van der Waals surface area contributed by atoms with Crippen LogP contribution in [0.5, 0.6) is 0 Å². The summed E-state index contributed by atoms with van der Waals surface area (Å²) in [7, 11) is 0. The van der Waals surface area contributed by atoms with Gasteiger partial charge in [-0.25, -0.2) is 0 Å². The van der Waals surface area contributed by atoms with Crippen LogP contribution in [0.2, 0.25) is 0 Å². The maximum atomic E-state index is 8.89. The Hall–Kier alpha value is 0.866. The number of hydrogen-bond donors (Lipinski definition) is 0. The van der Waals surface area contributed by atoms with Gasteiger partial charge >= 0.3 is 51.4 Å². The molecule has 0 aromatic carbocycles. The largest absolute Gasteiger partial charge is 1.00 e. The first kappa shape index (κ1) is 26.1. The summed E-state index contributed by atoms with van der Waals surface area (Å²) >= 11 is 0. The fourth-order valence-electron chi connectivity index (χ4n) is 1.32. The van der Waals surface area contributed by atoms with Gasteiger partial charge in [0, 0.05) is 5.97 Å². The Morgan fingerprint density at radius 1 is 0.565 bits per heavy atom. The van der Waals surface area contributed by atoms with E-state index in [-0.39, 0.29) is 51.4 Å². The van der Waals surface area contributed by atoms with Crippen LogP contribution in [0, 0.1) is 0 Å². The third-order valence-electron chi connectivity index (χ3n) is 2.23. The van der Waals surface area contributed by atoms with Crippen molar-refractivity contribution in [1.29, 1.82) is 0 Å². The summed E-state index contributed by atoms with van der Waals surface area (Å²) in [4.78, 5) is 8.89. The number of rotatable bonds is 0. The average Bonchev–Trinajstić information content (AvgIpc) is 2.47. The van der Waals surface area contributed by atoms with Crippen LogP contribution in [0.15, 0.2) is 0 Å². The first-order chi connectivity index (χ1) is 10.7. The van der Waals surface area contributed by atoms with E-state index in [1.165, 1.54) is 0 Å². The number of hydrogen-bond acceptors (Lipinski definition) is 8. The van der Waals surface area contributed by atoms with Gasteiger partial charge in [-0.15, -0.1) is 0 Å². The maximum Gasteiger partial charge on any atom is 1.00 e. The summed E-state index contributed by atoms with van der Waals surface area (Å²) in [5, 5.41) is 8.89. The van der Waals surface area contributed by atoms with Crippen molar-refractivity contribution in [3.05, 3.63) is 0 Å². The van der Waals surface area contributed by atoms with E-state index in [9.17, 15) is 0 Å². The van der Waals surface area contributed by atoms with Crippen molar-refractivity contribution in [2.45, 2.75) is 6.92 Å². The molecule has 0 bridgehead atoms. The van der Waals surface area contributed by atoms with Gasteiger partial charge in [-0.1, -0.05) is 0 Å². The van der Waals surface area contributed by atoms with E-state index in [2.05, 4.69) is 0 Å². The summed E-state index contributed by atoms with van der Waals surface area (Å²) in [5.74, 6) is -1.08. The summed E-state index contributed by atoms with van der Waals surface area (Å²) in [6.07, 6.45) is 0. The Bertz CT molecular complexity index is 164. The molecular formula is C14H27KO8. The summed E-state index contributed by atoms with van der Waals surface area (Å²) < 4.78 is 32.0. The molecule has 1 rings (SSSR count). The van der Waals surface area contributed by atoms with E-state index < -0.39 is 5.97 Å². The smallest absolute Gasteiger partial charge is 0.550 e. The Balaban J connectivity index is 0.